The van der Waals surface area contributed by atoms with E-state index in [2.05, 4.69) is 33.9 Å². The second-order valence-electron chi connectivity index (χ2n) is 4.32. The van der Waals surface area contributed by atoms with Gasteiger partial charge in [0.1, 0.15) is 5.82 Å². The molecule has 1 rings (SSSR count). The van der Waals surface area contributed by atoms with E-state index >= 15 is 0 Å². The SMILES string of the molecule is CCCCCC(C)Nc1cncc(C(=O)OC)n1. The minimum atomic E-state index is -0.468. The molecule has 1 aromatic rings. The summed E-state index contributed by atoms with van der Waals surface area (Å²) in [6, 6.07) is 0.318. The van der Waals surface area contributed by atoms with Crippen molar-refractivity contribution >= 4 is 11.8 Å². The number of carbonyl (C=O) groups is 1. The Morgan fingerprint density at radius 3 is 2.89 bits per heavy atom. The van der Waals surface area contributed by atoms with Crippen LogP contribution in [0.3, 0.4) is 0 Å². The molecule has 0 saturated carbocycles. The number of nitrogens with one attached hydrogen (secondary N) is 1. The predicted molar refractivity (Wildman–Crippen MR) is 70.6 cm³/mol. The average Bonchev–Trinajstić information content (AvgIpc) is 2.38. The fourth-order valence-corrected chi connectivity index (χ4v) is 1.66. The lowest BCUT2D eigenvalue weighted by molar-refractivity contribution is 0.0593. The molecule has 0 amide bonds. The van der Waals surface area contributed by atoms with Crippen LogP contribution < -0.4 is 5.32 Å². The fraction of sp³-hybridized carbons (Fsp3) is 0.615. The molecule has 0 radical (unpaired) electrons. The van der Waals surface area contributed by atoms with Crippen LogP contribution in [0.4, 0.5) is 5.82 Å². The number of carbonyl (C=O) groups excluding carboxylic acids is 1. The highest BCUT2D eigenvalue weighted by molar-refractivity contribution is 5.87. The lowest BCUT2D eigenvalue weighted by Gasteiger charge is -2.14. The summed E-state index contributed by atoms with van der Waals surface area (Å²) in [6.45, 7) is 4.28. The van der Waals surface area contributed by atoms with Crippen molar-refractivity contribution < 1.29 is 9.53 Å². The van der Waals surface area contributed by atoms with Crippen LogP contribution in [0.25, 0.3) is 0 Å². The standard InChI is InChI=1S/C13H21N3O2/c1-4-5-6-7-10(2)15-12-9-14-8-11(16-12)13(17)18-3/h8-10H,4-7H2,1-3H3,(H,15,16). The van der Waals surface area contributed by atoms with Crippen LogP contribution in [0, 0.1) is 0 Å². The Kier molecular flexibility index (Phi) is 6.11. The first-order chi connectivity index (χ1) is 8.67. The van der Waals surface area contributed by atoms with Gasteiger partial charge in [-0.05, 0) is 13.3 Å². The summed E-state index contributed by atoms with van der Waals surface area (Å²) in [6.07, 6.45) is 7.73. The van der Waals surface area contributed by atoms with Crippen molar-refractivity contribution in [3.8, 4) is 0 Å². The summed E-state index contributed by atoms with van der Waals surface area (Å²) in [5.74, 6) is 0.145. The third-order valence-corrected chi connectivity index (χ3v) is 2.66. The molecule has 0 aliphatic rings. The third-order valence-electron chi connectivity index (χ3n) is 2.66. The molecule has 0 bridgehead atoms. The Balaban J connectivity index is 2.53. The Hall–Kier alpha value is -1.65. The molecule has 5 nitrogen and oxygen atoms in total. The zero-order valence-corrected chi connectivity index (χ0v) is 11.3. The molecule has 5 heteroatoms. The molecule has 1 N–H and O–H groups in total. The second kappa shape index (κ2) is 7.63. The minimum absolute atomic E-state index is 0.225. The zero-order chi connectivity index (χ0) is 13.4. The number of unbranched alkanes of at least 4 members (excludes halogenated alkanes) is 2. The van der Waals surface area contributed by atoms with Crippen molar-refractivity contribution in [1.82, 2.24) is 9.97 Å². The van der Waals surface area contributed by atoms with Gasteiger partial charge in [-0.15, -0.1) is 0 Å². The Morgan fingerprint density at radius 1 is 1.44 bits per heavy atom. The topological polar surface area (TPSA) is 64.1 Å². The molecule has 18 heavy (non-hydrogen) atoms. The Bertz CT molecular complexity index is 382. The summed E-state index contributed by atoms with van der Waals surface area (Å²) < 4.78 is 4.61. The number of methoxy groups -OCH3 is 1. The maximum atomic E-state index is 11.3. The van der Waals surface area contributed by atoms with Gasteiger partial charge in [0.05, 0.1) is 19.5 Å². The molecular formula is C13H21N3O2. The Labute approximate surface area is 108 Å². The van der Waals surface area contributed by atoms with E-state index in [0.717, 1.165) is 6.42 Å². The first-order valence-corrected chi connectivity index (χ1v) is 6.34. The summed E-state index contributed by atoms with van der Waals surface area (Å²) in [5, 5.41) is 3.24. The van der Waals surface area contributed by atoms with Gasteiger partial charge in [0.15, 0.2) is 5.69 Å². The van der Waals surface area contributed by atoms with Crippen LogP contribution in [-0.2, 0) is 4.74 Å². The lowest BCUT2D eigenvalue weighted by atomic mass is 10.1. The monoisotopic (exact) mass is 251 g/mol. The molecule has 1 heterocycles. The van der Waals surface area contributed by atoms with E-state index < -0.39 is 5.97 Å². The molecule has 0 aliphatic carbocycles. The van der Waals surface area contributed by atoms with Crippen molar-refractivity contribution in [2.24, 2.45) is 0 Å². The van der Waals surface area contributed by atoms with E-state index in [9.17, 15) is 4.79 Å². The van der Waals surface area contributed by atoms with Crippen LogP contribution in [0.1, 0.15) is 50.0 Å². The van der Waals surface area contributed by atoms with E-state index in [-0.39, 0.29) is 5.69 Å². The van der Waals surface area contributed by atoms with Crippen LogP contribution in [0.2, 0.25) is 0 Å². The van der Waals surface area contributed by atoms with Gasteiger partial charge >= 0.3 is 5.97 Å². The number of aromatic nitrogens is 2. The molecule has 0 aliphatic heterocycles. The van der Waals surface area contributed by atoms with E-state index in [4.69, 9.17) is 0 Å². The van der Waals surface area contributed by atoms with Crippen LogP contribution in [-0.4, -0.2) is 29.1 Å². The van der Waals surface area contributed by atoms with E-state index in [0.29, 0.717) is 11.9 Å². The summed E-state index contributed by atoms with van der Waals surface area (Å²) >= 11 is 0. The maximum Gasteiger partial charge on any atom is 0.358 e. The van der Waals surface area contributed by atoms with Gasteiger partial charge in [-0.3, -0.25) is 4.98 Å². The average molecular weight is 251 g/mol. The smallest absolute Gasteiger partial charge is 0.358 e. The molecule has 100 valence electrons. The van der Waals surface area contributed by atoms with E-state index in [1.165, 1.54) is 32.6 Å². The largest absolute Gasteiger partial charge is 0.464 e. The second-order valence-corrected chi connectivity index (χ2v) is 4.32. The highest BCUT2D eigenvalue weighted by Crippen LogP contribution is 2.09. The predicted octanol–water partition coefficient (Wildman–Crippen LogP) is 2.64. The molecule has 0 fully saturated rings. The number of ether oxygens (including phenoxy) is 1. The van der Waals surface area contributed by atoms with Crippen molar-refractivity contribution in [3.63, 3.8) is 0 Å². The van der Waals surface area contributed by atoms with Gasteiger partial charge in [-0.2, -0.15) is 0 Å². The van der Waals surface area contributed by atoms with Gasteiger partial charge in [-0.1, -0.05) is 26.2 Å². The number of rotatable bonds is 7. The van der Waals surface area contributed by atoms with E-state index in [1.807, 2.05) is 0 Å². The van der Waals surface area contributed by atoms with Gasteiger partial charge < -0.3 is 10.1 Å². The fourth-order valence-electron chi connectivity index (χ4n) is 1.66. The summed E-state index contributed by atoms with van der Waals surface area (Å²) in [7, 11) is 1.33. The first-order valence-electron chi connectivity index (χ1n) is 6.34. The first kappa shape index (κ1) is 14.4. The highest BCUT2D eigenvalue weighted by Gasteiger charge is 2.09. The number of hydrogen-bond donors (Lipinski definition) is 1. The zero-order valence-electron chi connectivity index (χ0n) is 11.3. The molecule has 0 saturated heterocycles. The molecule has 0 spiro atoms. The van der Waals surface area contributed by atoms with Crippen molar-refractivity contribution in [2.75, 3.05) is 12.4 Å². The molecule has 1 aromatic heterocycles. The minimum Gasteiger partial charge on any atom is -0.464 e. The van der Waals surface area contributed by atoms with Gasteiger partial charge in [0, 0.05) is 6.04 Å². The quantitative estimate of drug-likeness (QED) is 0.596. The molecule has 1 atom stereocenters. The number of hydrogen-bond acceptors (Lipinski definition) is 5. The van der Waals surface area contributed by atoms with Crippen molar-refractivity contribution in [1.29, 1.82) is 0 Å². The molecule has 1 unspecified atom stereocenters. The molecule has 0 aromatic carbocycles. The van der Waals surface area contributed by atoms with Gasteiger partial charge in [0.2, 0.25) is 0 Å². The Morgan fingerprint density at radius 2 is 2.22 bits per heavy atom. The number of nitrogens with zero attached hydrogens (tertiary/aromatic N) is 2. The van der Waals surface area contributed by atoms with Crippen molar-refractivity contribution in [2.45, 2.75) is 45.6 Å². The summed E-state index contributed by atoms with van der Waals surface area (Å²) in [5.41, 5.74) is 0.225. The van der Waals surface area contributed by atoms with Crippen LogP contribution >= 0.6 is 0 Å². The number of anilines is 1. The van der Waals surface area contributed by atoms with Crippen LogP contribution in [0.5, 0.6) is 0 Å². The number of esters is 1. The molecular weight excluding hydrogens is 230 g/mol. The third kappa shape index (κ3) is 4.69. The summed E-state index contributed by atoms with van der Waals surface area (Å²) in [4.78, 5) is 19.5. The highest BCUT2D eigenvalue weighted by atomic mass is 16.5. The van der Waals surface area contributed by atoms with Gasteiger partial charge in [-0.25, -0.2) is 9.78 Å². The van der Waals surface area contributed by atoms with E-state index in [1.54, 1.807) is 6.20 Å². The van der Waals surface area contributed by atoms with Gasteiger partial charge in [0.25, 0.3) is 0 Å². The van der Waals surface area contributed by atoms with Crippen LogP contribution in [0.15, 0.2) is 12.4 Å². The maximum absolute atomic E-state index is 11.3. The normalized spacial score (nSPS) is 11.9. The lowest BCUT2D eigenvalue weighted by Crippen LogP contribution is -2.17. The van der Waals surface area contributed by atoms with Crippen molar-refractivity contribution in [3.05, 3.63) is 18.1 Å².